The average molecular weight is 316 g/mol. The maximum absolute atomic E-state index is 12.9. The lowest BCUT2D eigenvalue weighted by molar-refractivity contribution is 0.0739. The number of hydrogen-bond donors (Lipinski definition) is 0. The van der Waals surface area contributed by atoms with Gasteiger partial charge in [0, 0.05) is 37.1 Å². The molecule has 0 N–H and O–H groups in total. The second-order valence-corrected chi connectivity index (χ2v) is 5.44. The lowest BCUT2D eigenvalue weighted by atomic mass is 10.1. The predicted octanol–water partition coefficient (Wildman–Crippen LogP) is 3.09. The molecule has 0 radical (unpaired) electrons. The summed E-state index contributed by atoms with van der Waals surface area (Å²) >= 11 is 0. The number of aryl methyl sites for hydroxylation is 1. The second kappa shape index (κ2) is 7.72. The number of methoxy groups -OCH3 is 2. The van der Waals surface area contributed by atoms with E-state index in [1.807, 2.05) is 34.8 Å². The summed E-state index contributed by atoms with van der Waals surface area (Å²) < 4.78 is 12.5. The summed E-state index contributed by atoms with van der Waals surface area (Å²) in [4.78, 5) is 14.8. The Kier molecular flexibility index (Phi) is 5.68. The highest BCUT2D eigenvalue weighted by Crippen LogP contribution is 2.24. The van der Waals surface area contributed by atoms with Gasteiger partial charge in [-0.15, -0.1) is 0 Å². The van der Waals surface area contributed by atoms with Crippen LogP contribution in [0.25, 0.3) is 0 Å². The molecule has 0 atom stereocenters. The van der Waals surface area contributed by atoms with E-state index in [2.05, 4.69) is 6.92 Å². The topological polar surface area (TPSA) is 43.7 Å². The zero-order valence-corrected chi connectivity index (χ0v) is 14.2. The molecule has 124 valence electrons. The van der Waals surface area contributed by atoms with Crippen LogP contribution in [0.15, 0.2) is 36.5 Å². The first-order valence-corrected chi connectivity index (χ1v) is 7.71. The van der Waals surface area contributed by atoms with Gasteiger partial charge in [-0.2, -0.15) is 0 Å². The highest BCUT2D eigenvalue weighted by atomic mass is 16.5. The van der Waals surface area contributed by atoms with Crippen molar-refractivity contribution < 1.29 is 14.3 Å². The molecule has 1 aromatic carbocycles. The van der Waals surface area contributed by atoms with Gasteiger partial charge in [-0.25, -0.2) is 0 Å². The van der Waals surface area contributed by atoms with Gasteiger partial charge in [-0.1, -0.05) is 6.92 Å². The third-order valence-electron chi connectivity index (χ3n) is 3.78. The predicted molar refractivity (Wildman–Crippen MR) is 90.0 cm³/mol. The lowest BCUT2D eigenvalue weighted by Crippen LogP contribution is -2.32. The van der Waals surface area contributed by atoms with Gasteiger partial charge in [-0.3, -0.25) is 4.79 Å². The Morgan fingerprint density at radius 1 is 1.17 bits per heavy atom. The molecule has 0 aliphatic carbocycles. The van der Waals surface area contributed by atoms with Gasteiger partial charge in [0.1, 0.15) is 11.5 Å². The zero-order chi connectivity index (χ0) is 16.8. The molecular formula is C18H24N2O3. The average Bonchev–Trinajstić information content (AvgIpc) is 2.98. The van der Waals surface area contributed by atoms with E-state index in [1.54, 1.807) is 32.4 Å². The highest BCUT2D eigenvalue weighted by molar-refractivity contribution is 5.95. The molecule has 1 aromatic heterocycles. The van der Waals surface area contributed by atoms with Gasteiger partial charge in [0.2, 0.25) is 0 Å². The van der Waals surface area contributed by atoms with Crippen molar-refractivity contribution in [1.29, 1.82) is 0 Å². The van der Waals surface area contributed by atoms with Gasteiger partial charge < -0.3 is 18.9 Å². The molecule has 0 spiro atoms. The molecule has 2 rings (SSSR count). The Hall–Kier alpha value is -2.43. The maximum atomic E-state index is 12.9. The monoisotopic (exact) mass is 316 g/mol. The van der Waals surface area contributed by atoms with Gasteiger partial charge in [-0.05, 0) is 30.7 Å². The third-order valence-corrected chi connectivity index (χ3v) is 3.78. The number of carbonyl (C=O) groups is 1. The van der Waals surface area contributed by atoms with Gasteiger partial charge in [0.15, 0.2) is 0 Å². The maximum Gasteiger partial charge on any atom is 0.254 e. The molecule has 0 saturated carbocycles. The summed E-state index contributed by atoms with van der Waals surface area (Å²) in [7, 11) is 5.14. The van der Waals surface area contributed by atoms with Crippen LogP contribution in [-0.4, -0.2) is 36.1 Å². The molecule has 0 fully saturated rings. The Balaban J connectivity index is 2.28. The minimum absolute atomic E-state index is 0.0229. The summed E-state index contributed by atoms with van der Waals surface area (Å²) in [5.41, 5.74) is 1.67. The molecule has 5 heteroatoms. The number of amides is 1. The number of rotatable bonds is 7. The van der Waals surface area contributed by atoms with E-state index in [0.29, 0.717) is 30.2 Å². The Bertz CT molecular complexity index is 642. The van der Waals surface area contributed by atoms with Crippen LogP contribution in [0.2, 0.25) is 0 Å². The van der Waals surface area contributed by atoms with E-state index in [1.165, 1.54) is 0 Å². The van der Waals surface area contributed by atoms with Crippen LogP contribution in [-0.2, 0) is 13.6 Å². The number of hydrogen-bond acceptors (Lipinski definition) is 3. The number of aromatic nitrogens is 1. The first kappa shape index (κ1) is 16.9. The summed E-state index contributed by atoms with van der Waals surface area (Å²) in [5.74, 6) is 1.20. The van der Waals surface area contributed by atoms with Crippen molar-refractivity contribution in [3.63, 3.8) is 0 Å². The van der Waals surface area contributed by atoms with Crippen LogP contribution in [0.5, 0.6) is 11.5 Å². The number of ether oxygens (including phenoxy) is 2. The fourth-order valence-corrected chi connectivity index (χ4v) is 2.49. The molecule has 23 heavy (non-hydrogen) atoms. The van der Waals surface area contributed by atoms with Crippen molar-refractivity contribution >= 4 is 5.91 Å². The zero-order valence-electron chi connectivity index (χ0n) is 14.2. The molecule has 0 aliphatic heterocycles. The fraction of sp³-hybridized carbons (Fsp3) is 0.389. The molecule has 0 saturated heterocycles. The molecule has 0 aliphatic rings. The quantitative estimate of drug-likeness (QED) is 0.788. The number of nitrogens with zero attached hydrogens (tertiary/aromatic N) is 2. The van der Waals surface area contributed by atoms with Crippen molar-refractivity contribution in [3.05, 3.63) is 47.8 Å². The molecule has 5 nitrogen and oxygen atoms in total. The van der Waals surface area contributed by atoms with Gasteiger partial charge in [0.05, 0.1) is 20.8 Å². The Morgan fingerprint density at radius 3 is 2.30 bits per heavy atom. The summed E-state index contributed by atoms with van der Waals surface area (Å²) in [6, 6.07) is 9.27. The van der Waals surface area contributed by atoms with Crippen molar-refractivity contribution in [2.24, 2.45) is 7.05 Å². The van der Waals surface area contributed by atoms with Crippen LogP contribution in [0, 0.1) is 0 Å². The lowest BCUT2D eigenvalue weighted by Gasteiger charge is -2.23. The van der Waals surface area contributed by atoms with Crippen LogP contribution >= 0.6 is 0 Å². The minimum atomic E-state index is -0.0229. The fourth-order valence-electron chi connectivity index (χ4n) is 2.49. The first-order valence-electron chi connectivity index (χ1n) is 7.71. The van der Waals surface area contributed by atoms with Gasteiger partial charge in [0.25, 0.3) is 5.91 Å². The normalized spacial score (nSPS) is 10.4. The molecule has 2 aromatic rings. The second-order valence-electron chi connectivity index (χ2n) is 5.44. The Labute approximate surface area is 137 Å². The smallest absolute Gasteiger partial charge is 0.254 e. The van der Waals surface area contributed by atoms with E-state index >= 15 is 0 Å². The van der Waals surface area contributed by atoms with E-state index in [4.69, 9.17) is 9.47 Å². The van der Waals surface area contributed by atoms with Crippen molar-refractivity contribution in [1.82, 2.24) is 9.47 Å². The van der Waals surface area contributed by atoms with E-state index in [9.17, 15) is 4.79 Å². The van der Waals surface area contributed by atoms with E-state index < -0.39 is 0 Å². The number of carbonyl (C=O) groups excluding carboxylic acids is 1. The molecule has 1 heterocycles. The SMILES string of the molecule is CCCN(Cc1cccn1C)C(=O)c1cc(OC)cc(OC)c1. The third kappa shape index (κ3) is 4.06. The summed E-state index contributed by atoms with van der Waals surface area (Å²) in [6.45, 7) is 3.34. The Morgan fingerprint density at radius 2 is 1.83 bits per heavy atom. The van der Waals surface area contributed by atoms with Crippen LogP contribution in [0.1, 0.15) is 29.4 Å². The largest absolute Gasteiger partial charge is 0.497 e. The summed E-state index contributed by atoms with van der Waals surface area (Å²) in [5, 5.41) is 0. The summed E-state index contributed by atoms with van der Waals surface area (Å²) in [6.07, 6.45) is 2.88. The minimum Gasteiger partial charge on any atom is -0.497 e. The standard InChI is InChI=1S/C18H24N2O3/c1-5-8-20(13-15-7-6-9-19(15)2)18(21)14-10-16(22-3)12-17(11-14)23-4/h6-7,9-12H,5,8,13H2,1-4H3. The van der Waals surface area contributed by atoms with Crippen LogP contribution in [0.4, 0.5) is 0 Å². The molecule has 1 amide bonds. The van der Waals surface area contributed by atoms with Crippen molar-refractivity contribution in [2.45, 2.75) is 19.9 Å². The van der Waals surface area contributed by atoms with Crippen molar-refractivity contribution in [2.75, 3.05) is 20.8 Å². The van der Waals surface area contributed by atoms with Crippen LogP contribution < -0.4 is 9.47 Å². The molecule has 0 unspecified atom stereocenters. The molecular weight excluding hydrogens is 292 g/mol. The van der Waals surface area contributed by atoms with Crippen LogP contribution in [0.3, 0.4) is 0 Å². The van der Waals surface area contributed by atoms with Gasteiger partial charge >= 0.3 is 0 Å². The molecule has 0 bridgehead atoms. The van der Waals surface area contributed by atoms with E-state index in [0.717, 1.165) is 12.1 Å². The number of benzene rings is 1. The highest BCUT2D eigenvalue weighted by Gasteiger charge is 2.18. The van der Waals surface area contributed by atoms with Crippen molar-refractivity contribution in [3.8, 4) is 11.5 Å². The van der Waals surface area contributed by atoms with E-state index in [-0.39, 0.29) is 5.91 Å². The first-order chi connectivity index (χ1) is 11.1.